The first kappa shape index (κ1) is 18.9. The molecule has 0 amide bonds. The van der Waals surface area contributed by atoms with Gasteiger partial charge < -0.3 is 15.0 Å². The zero-order chi connectivity index (χ0) is 20.1. The van der Waals surface area contributed by atoms with E-state index in [-0.39, 0.29) is 18.9 Å². The fourth-order valence-electron chi connectivity index (χ4n) is 3.36. The molecule has 0 saturated heterocycles. The molecular formula is C24H23N3O2. The first-order chi connectivity index (χ1) is 14.3. The van der Waals surface area contributed by atoms with E-state index >= 15 is 0 Å². The van der Waals surface area contributed by atoms with Crippen molar-refractivity contribution in [2.24, 2.45) is 0 Å². The summed E-state index contributed by atoms with van der Waals surface area (Å²) in [4.78, 5) is 17.6. The zero-order valence-corrected chi connectivity index (χ0v) is 16.1. The lowest BCUT2D eigenvalue weighted by Gasteiger charge is -2.10. The molecule has 0 bridgehead atoms. The number of Topliss-reactive ketones (excluding diaryl/α,β-unsaturated/α-hetero) is 1. The van der Waals surface area contributed by atoms with E-state index in [2.05, 4.69) is 22.4 Å². The molecule has 1 aromatic heterocycles. The van der Waals surface area contributed by atoms with Crippen molar-refractivity contribution in [1.29, 1.82) is 0 Å². The molecule has 5 heteroatoms. The summed E-state index contributed by atoms with van der Waals surface area (Å²) in [6, 6.07) is 25.6. The number of carbonyl (C=O) groups is 1. The van der Waals surface area contributed by atoms with Crippen LogP contribution in [0.1, 0.15) is 16.8 Å². The lowest BCUT2D eigenvalue weighted by atomic mass is 10.0. The maximum Gasteiger partial charge on any atom is 0.204 e. The largest absolute Gasteiger partial charge is 0.396 e. The van der Waals surface area contributed by atoms with Gasteiger partial charge in [0.15, 0.2) is 5.78 Å². The van der Waals surface area contributed by atoms with Crippen LogP contribution in [0.4, 0.5) is 5.95 Å². The topological polar surface area (TPSA) is 67.2 Å². The van der Waals surface area contributed by atoms with E-state index < -0.39 is 0 Å². The van der Waals surface area contributed by atoms with Gasteiger partial charge in [0.05, 0.1) is 17.6 Å². The lowest BCUT2D eigenvalue weighted by molar-refractivity contribution is 0.0974. The second-order valence-electron chi connectivity index (χ2n) is 6.88. The van der Waals surface area contributed by atoms with E-state index in [1.807, 2.05) is 71.3 Å². The predicted molar refractivity (Wildman–Crippen MR) is 116 cm³/mol. The molecule has 0 aliphatic carbocycles. The van der Waals surface area contributed by atoms with Crippen LogP contribution in [0.25, 0.3) is 22.2 Å². The number of aliphatic hydroxyl groups is 1. The van der Waals surface area contributed by atoms with Gasteiger partial charge in [-0.3, -0.25) is 4.79 Å². The number of benzene rings is 3. The van der Waals surface area contributed by atoms with Gasteiger partial charge in [-0.25, -0.2) is 4.98 Å². The Bertz CT molecular complexity index is 1100. The van der Waals surface area contributed by atoms with Crippen molar-refractivity contribution in [2.75, 3.05) is 18.5 Å². The number of nitrogens with zero attached hydrogens (tertiary/aromatic N) is 2. The van der Waals surface area contributed by atoms with E-state index in [1.54, 1.807) is 0 Å². The minimum absolute atomic E-state index is 0.0259. The maximum atomic E-state index is 13.0. The number of aromatic nitrogens is 2. The average molecular weight is 385 g/mol. The van der Waals surface area contributed by atoms with Crippen LogP contribution < -0.4 is 5.32 Å². The summed E-state index contributed by atoms with van der Waals surface area (Å²) in [5, 5.41) is 12.3. The van der Waals surface area contributed by atoms with Crippen molar-refractivity contribution in [1.82, 2.24) is 9.55 Å². The number of hydrogen-bond donors (Lipinski definition) is 2. The fourth-order valence-corrected chi connectivity index (χ4v) is 3.36. The minimum atomic E-state index is 0.0259. The Morgan fingerprint density at radius 3 is 2.34 bits per heavy atom. The summed E-state index contributed by atoms with van der Waals surface area (Å²) in [5.41, 5.74) is 4.63. The minimum Gasteiger partial charge on any atom is -0.396 e. The van der Waals surface area contributed by atoms with Gasteiger partial charge in [-0.05, 0) is 29.7 Å². The molecule has 4 aromatic rings. The highest BCUT2D eigenvalue weighted by Gasteiger charge is 2.14. The highest BCUT2D eigenvalue weighted by atomic mass is 16.3. The predicted octanol–water partition coefficient (Wildman–Crippen LogP) is 4.38. The van der Waals surface area contributed by atoms with Gasteiger partial charge in [0, 0.05) is 18.7 Å². The number of nitrogens with one attached hydrogen (secondary N) is 1. The molecule has 146 valence electrons. The van der Waals surface area contributed by atoms with Gasteiger partial charge in [0.2, 0.25) is 5.95 Å². The monoisotopic (exact) mass is 385 g/mol. The smallest absolute Gasteiger partial charge is 0.204 e. The molecule has 0 radical (unpaired) electrons. The third kappa shape index (κ3) is 4.20. The highest BCUT2D eigenvalue weighted by molar-refractivity contribution is 5.97. The summed E-state index contributed by atoms with van der Waals surface area (Å²) in [6.07, 6.45) is 0.623. The summed E-state index contributed by atoms with van der Waals surface area (Å²) in [5.74, 6) is 0.673. The van der Waals surface area contributed by atoms with Crippen molar-refractivity contribution in [2.45, 2.75) is 13.0 Å². The molecule has 3 aromatic carbocycles. The molecule has 0 aliphatic heterocycles. The molecule has 2 N–H and O–H groups in total. The Hall–Kier alpha value is -3.44. The Balaban J connectivity index is 1.57. The normalized spacial score (nSPS) is 10.9. The number of hydrogen-bond acceptors (Lipinski definition) is 4. The van der Waals surface area contributed by atoms with E-state index in [4.69, 9.17) is 5.11 Å². The highest BCUT2D eigenvalue weighted by Crippen LogP contribution is 2.22. The standard InChI is InChI=1S/C24H23N3O2/c28-16-6-15-25-24-26-21-9-4-5-10-22(21)27(24)17-23(29)20-13-11-19(12-14-20)18-7-2-1-3-8-18/h1-5,7-14,28H,6,15-17H2,(H,25,26). The molecular weight excluding hydrogens is 362 g/mol. The van der Waals surface area contributed by atoms with Crippen LogP contribution in [0, 0.1) is 0 Å². The van der Waals surface area contributed by atoms with E-state index in [0.29, 0.717) is 24.5 Å². The van der Waals surface area contributed by atoms with Crippen LogP contribution in [0.15, 0.2) is 78.9 Å². The van der Waals surface area contributed by atoms with Gasteiger partial charge in [0.1, 0.15) is 0 Å². The van der Waals surface area contributed by atoms with Gasteiger partial charge in [-0.15, -0.1) is 0 Å². The molecule has 0 atom stereocenters. The maximum absolute atomic E-state index is 13.0. The Kier molecular flexibility index (Phi) is 5.68. The second-order valence-corrected chi connectivity index (χ2v) is 6.88. The lowest BCUT2D eigenvalue weighted by Crippen LogP contribution is -2.15. The number of aliphatic hydroxyl groups excluding tert-OH is 1. The van der Waals surface area contributed by atoms with Crippen LogP contribution in [0.5, 0.6) is 0 Å². The van der Waals surface area contributed by atoms with Crippen molar-refractivity contribution in [3.05, 3.63) is 84.4 Å². The Labute approximate surface area is 169 Å². The average Bonchev–Trinajstić information content (AvgIpc) is 3.12. The summed E-state index contributed by atoms with van der Waals surface area (Å²) < 4.78 is 1.90. The third-order valence-corrected chi connectivity index (χ3v) is 4.89. The van der Waals surface area contributed by atoms with Crippen LogP contribution in [-0.4, -0.2) is 33.6 Å². The van der Waals surface area contributed by atoms with Crippen LogP contribution >= 0.6 is 0 Å². The molecule has 0 spiro atoms. The van der Waals surface area contributed by atoms with Crippen molar-refractivity contribution in [3.63, 3.8) is 0 Å². The quantitative estimate of drug-likeness (QED) is 0.349. The number of imidazole rings is 1. The number of anilines is 1. The molecule has 4 rings (SSSR count). The van der Waals surface area contributed by atoms with Crippen LogP contribution in [0.3, 0.4) is 0 Å². The molecule has 0 aliphatic rings. The van der Waals surface area contributed by atoms with Crippen molar-refractivity contribution >= 4 is 22.8 Å². The van der Waals surface area contributed by atoms with E-state index in [1.165, 1.54) is 0 Å². The number of rotatable bonds is 8. The molecule has 5 nitrogen and oxygen atoms in total. The summed E-state index contributed by atoms with van der Waals surface area (Å²) in [7, 11) is 0. The van der Waals surface area contributed by atoms with Crippen LogP contribution in [-0.2, 0) is 6.54 Å². The number of fused-ring (bicyclic) bond motifs is 1. The first-order valence-electron chi connectivity index (χ1n) is 9.75. The zero-order valence-electron chi connectivity index (χ0n) is 16.1. The third-order valence-electron chi connectivity index (χ3n) is 4.89. The molecule has 29 heavy (non-hydrogen) atoms. The second kappa shape index (κ2) is 8.71. The van der Waals surface area contributed by atoms with Crippen molar-refractivity contribution < 1.29 is 9.90 Å². The number of carbonyl (C=O) groups excluding carboxylic acids is 1. The van der Waals surface area contributed by atoms with Gasteiger partial charge >= 0.3 is 0 Å². The summed E-state index contributed by atoms with van der Waals surface area (Å²) in [6.45, 7) is 0.909. The van der Waals surface area contributed by atoms with Crippen LogP contribution in [0.2, 0.25) is 0 Å². The molecule has 0 unspecified atom stereocenters. The molecule has 0 saturated carbocycles. The van der Waals surface area contributed by atoms with Crippen molar-refractivity contribution in [3.8, 4) is 11.1 Å². The fraction of sp³-hybridized carbons (Fsp3) is 0.167. The summed E-state index contributed by atoms with van der Waals surface area (Å²) >= 11 is 0. The molecule has 0 fully saturated rings. The van der Waals surface area contributed by atoms with E-state index in [9.17, 15) is 4.79 Å². The number of para-hydroxylation sites is 2. The van der Waals surface area contributed by atoms with Gasteiger partial charge in [-0.2, -0.15) is 0 Å². The first-order valence-corrected chi connectivity index (χ1v) is 9.75. The Morgan fingerprint density at radius 1 is 0.897 bits per heavy atom. The van der Waals surface area contributed by atoms with Gasteiger partial charge in [0.25, 0.3) is 0 Å². The number of ketones is 1. The Morgan fingerprint density at radius 2 is 1.59 bits per heavy atom. The SMILES string of the molecule is O=C(Cn1c(NCCCO)nc2ccccc21)c1ccc(-c2ccccc2)cc1. The van der Waals surface area contributed by atoms with E-state index in [0.717, 1.165) is 22.2 Å². The molecule has 1 heterocycles. The van der Waals surface area contributed by atoms with Gasteiger partial charge in [-0.1, -0.05) is 66.7 Å².